The van der Waals surface area contributed by atoms with E-state index in [1.165, 1.54) is 10.5 Å². The van der Waals surface area contributed by atoms with Gasteiger partial charge >= 0.3 is 0 Å². The van der Waals surface area contributed by atoms with Gasteiger partial charge in [-0.05, 0) is 37.7 Å². The SMILES string of the molecule is CSc1ccccc1CCC(C(C)O)n1cnc(C(N)=O)c1. The minimum absolute atomic E-state index is 0.143. The monoisotopic (exact) mass is 319 g/mol. The fraction of sp³-hybridized carbons (Fsp3) is 0.375. The van der Waals surface area contributed by atoms with Gasteiger partial charge in [-0.25, -0.2) is 4.98 Å². The molecular weight excluding hydrogens is 298 g/mol. The van der Waals surface area contributed by atoms with Crippen LogP contribution in [-0.4, -0.2) is 32.9 Å². The molecular formula is C16H21N3O2S. The van der Waals surface area contributed by atoms with Crippen LogP contribution in [0.2, 0.25) is 0 Å². The maximum absolute atomic E-state index is 11.2. The molecule has 3 N–H and O–H groups in total. The first-order valence-corrected chi connectivity index (χ1v) is 8.38. The number of primary amides is 1. The summed E-state index contributed by atoms with van der Waals surface area (Å²) in [4.78, 5) is 16.4. The van der Waals surface area contributed by atoms with Gasteiger partial charge in [0.1, 0.15) is 5.69 Å². The summed E-state index contributed by atoms with van der Waals surface area (Å²) in [5, 5.41) is 10.0. The maximum Gasteiger partial charge on any atom is 0.268 e. The van der Waals surface area contributed by atoms with E-state index in [0.717, 1.165) is 12.8 Å². The highest BCUT2D eigenvalue weighted by Crippen LogP contribution is 2.25. The molecule has 22 heavy (non-hydrogen) atoms. The predicted molar refractivity (Wildman–Crippen MR) is 88.0 cm³/mol. The fourth-order valence-electron chi connectivity index (χ4n) is 2.50. The molecule has 0 saturated heterocycles. The second-order valence-electron chi connectivity index (χ2n) is 5.23. The Morgan fingerprint density at radius 1 is 1.45 bits per heavy atom. The molecule has 0 radical (unpaired) electrons. The van der Waals surface area contributed by atoms with E-state index in [0.29, 0.717) is 0 Å². The molecule has 2 aromatic rings. The van der Waals surface area contributed by atoms with Gasteiger partial charge in [0.15, 0.2) is 0 Å². The lowest BCUT2D eigenvalue weighted by molar-refractivity contribution is 0.0994. The van der Waals surface area contributed by atoms with Crippen molar-refractivity contribution in [1.29, 1.82) is 0 Å². The van der Waals surface area contributed by atoms with Gasteiger partial charge in [-0.2, -0.15) is 0 Å². The zero-order valence-electron chi connectivity index (χ0n) is 12.8. The lowest BCUT2D eigenvalue weighted by Crippen LogP contribution is -2.21. The molecule has 0 bridgehead atoms. The van der Waals surface area contributed by atoms with E-state index >= 15 is 0 Å². The van der Waals surface area contributed by atoms with Gasteiger partial charge in [-0.15, -0.1) is 11.8 Å². The number of amides is 1. The second-order valence-corrected chi connectivity index (χ2v) is 6.08. The van der Waals surface area contributed by atoms with E-state index in [1.54, 1.807) is 35.8 Å². The summed E-state index contributed by atoms with van der Waals surface area (Å²) in [7, 11) is 0. The molecule has 1 aromatic heterocycles. The molecule has 0 aliphatic rings. The van der Waals surface area contributed by atoms with Crippen LogP contribution in [0.3, 0.4) is 0 Å². The summed E-state index contributed by atoms with van der Waals surface area (Å²) >= 11 is 1.72. The van der Waals surface area contributed by atoms with E-state index in [-0.39, 0.29) is 11.7 Å². The van der Waals surface area contributed by atoms with Gasteiger partial charge < -0.3 is 15.4 Å². The maximum atomic E-state index is 11.2. The quantitative estimate of drug-likeness (QED) is 0.767. The number of rotatable bonds is 7. The summed E-state index contributed by atoms with van der Waals surface area (Å²) in [6, 6.07) is 8.11. The molecule has 2 rings (SSSR count). The number of aryl methyl sites for hydroxylation is 1. The van der Waals surface area contributed by atoms with E-state index in [1.807, 2.05) is 12.1 Å². The molecule has 0 fully saturated rings. The third-order valence-electron chi connectivity index (χ3n) is 3.70. The smallest absolute Gasteiger partial charge is 0.268 e. The van der Waals surface area contributed by atoms with Crippen LogP contribution < -0.4 is 5.73 Å². The van der Waals surface area contributed by atoms with Gasteiger partial charge in [0, 0.05) is 11.1 Å². The normalized spacial score (nSPS) is 13.8. The van der Waals surface area contributed by atoms with Crippen LogP contribution in [0.1, 0.15) is 35.4 Å². The molecule has 2 atom stereocenters. The molecule has 0 saturated carbocycles. The van der Waals surface area contributed by atoms with Crippen LogP contribution >= 0.6 is 11.8 Å². The number of hydrogen-bond acceptors (Lipinski definition) is 4. The van der Waals surface area contributed by atoms with Gasteiger partial charge in [-0.3, -0.25) is 4.79 Å². The van der Waals surface area contributed by atoms with Crippen molar-refractivity contribution >= 4 is 17.7 Å². The zero-order chi connectivity index (χ0) is 16.1. The largest absolute Gasteiger partial charge is 0.391 e. The van der Waals surface area contributed by atoms with Crippen molar-refractivity contribution in [2.24, 2.45) is 5.73 Å². The number of hydrogen-bond donors (Lipinski definition) is 2. The number of aliphatic hydroxyl groups excluding tert-OH is 1. The van der Waals surface area contributed by atoms with Crippen LogP contribution in [0.4, 0.5) is 0 Å². The van der Waals surface area contributed by atoms with Crippen molar-refractivity contribution in [3.63, 3.8) is 0 Å². The van der Waals surface area contributed by atoms with Crippen LogP contribution in [0.25, 0.3) is 0 Å². The summed E-state index contributed by atoms with van der Waals surface area (Å²) in [5.41, 5.74) is 6.70. The number of aliphatic hydroxyl groups is 1. The molecule has 2 unspecified atom stereocenters. The van der Waals surface area contributed by atoms with Crippen molar-refractivity contribution < 1.29 is 9.90 Å². The fourth-order valence-corrected chi connectivity index (χ4v) is 3.14. The molecule has 1 amide bonds. The number of imidazole rings is 1. The number of thioether (sulfide) groups is 1. The van der Waals surface area contributed by atoms with Gasteiger partial charge in [0.25, 0.3) is 5.91 Å². The lowest BCUT2D eigenvalue weighted by atomic mass is 10.0. The minimum atomic E-state index is -0.559. The van der Waals surface area contributed by atoms with E-state index in [2.05, 4.69) is 23.4 Å². The van der Waals surface area contributed by atoms with E-state index in [9.17, 15) is 9.90 Å². The van der Waals surface area contributed by atoms with Gasteiger partial charge in [0.2, 0.25) is 0 Å². The Bertz CT molecular complexity index is 640. The Morgan fingerprint density at radius 2 is 2.18 bits per heavy atom. The Morgan fingerprint density at radius 3 is 2.77 bits per heavy atom. The number of aromatic nitrogens is 2. The van der Waals surface area contributed by atoms with Crippen molar-refractivity contribution in [1.82, 2.24) is 9.55 Å². The molecule has 5 nitrogen and oxygen atoms in total. The highest BCUT2D eigenvalue weighted by atomic mass is 32.2. The summed E-state index contributed by atoms with van der Waals surface area (Å²) < 4.78 is 1.77. The first-order chi connectivity index (χ1) is 10.5. The van der Waals surface area contributed by atoms with E-state index in [4.69, 9.17) is 5.73 Å². The van der Waals surface area contributed by atoms with Crippen molar-refractivity contribution in [2.75, 3.05) is 6.26 Å². The standard InChI is InChI=1S/C16H21N3O2S/c1-11(20)14(19-9-13(16(17)21)18-10-19)8-7-12-5-3-4-6-15(12)22-2/h3-6,9-11,14,20H,7-8H2,1-2H3,(H2,17,21). The molecule has 1 heterocycles. The summed E-state index contributed by atoms with van der Waals surface area (Å²) in [5.74, 6) is -0.559. The number of nitrogens with two attached hydrogens (primary N) is 1. The van der Waals surface area contributed by atoms with Crippen LogP contribution in [0.5, 0.6) is 0 Å². The van der Waals surface area contributed by atoms with Gasteiger partial charge in [-0.1, -0.05) is 18.2 Å². The van der Waals surface area contributed by atoms with Crippen molar-refractivity contribution in [3.05, 3.63) is 48.0 Å². The van der Waals surface area contributed by atoms with E-state index < -0.39 is 12.0 Å². The summed E-state index contributed by atoms with van der Waals surface area (Å²) in [6.07, 6.45) is 6.26. The first-order valence-electron chi connectivity index (χ1n) is 7.16. The average molecular weight is 319 g/mol. The van der Waals surface area contributed by atoms with Crippen LogP contribution in [0, 0.1) is 0 Å². The van der Waals surface area contributed by atoms with Crippen molar-refractivity contribution in [2.45, 2.75) is 36.8 Å². The topological polar surface area (TPSA) is 81.1 Å². The Labute approximate surface area is 134 Å². The third-order valence-corrected chi connectivity index (χ3v) is 4.53. The number of carbonyl (C=O) groups is 1. The molecule has 118 valence electrons. The Hall–Kier alpha value is -1.79. The molecule has 0 aliphatic carbocycles. The van der Waals surface area contributed by atoms with Crippen molar-refractivity contribution in [3.8, 4) is 0 Å². The Balaban J connectivity index is 2.13. The Kier molecular flexibility index (Phi) is 5.63. The van der Waals surface area contributed by atoms with Crippen LogP contribution in [0.15, 0.2) is 41.7 Å². The minimum Gasteiger partial charge on any atom is -0.391 e. The van der Waals surface area contributed by atoms with Crippen LogP contribution in [-0.2, 0) is 6.42 Å². The number of nitrogens with zero attached hydrogens (tertiary/aromatic N) is 2. The summed E-state index contributed by atoms with van der Waals surface area (Å²) in [6.45, 7) is 1.75. The molecule has 0 spiro atoms. The number of benzene rings is 1. The zero-order valence-corrected chi connectivity index (χ0v) is 13.6. The highest BCUT2D eigenvalue weighted by Gasteiger charge is 2.19. The average Bonchev–Trinajstić information content (AvgIpc) is 2.97. The predicted octanol–water partition coefficient (Wildman–Crippen LogP) is 2.26. The lowest BCUT2D eigenvalue weighted by Gasteiger charge is -2.21. The second kappa shape index (κ2) is 7.47. The molecule has 0 aliphatic heterocycles. The third kappa shape index (κ3) is 3.90. The molecule has 6 heteroatoms. The highest BCUT2D eigenvalue weighted by molar-refractivity contribution is 7.98. The molecule has 1 aromatic carbocycles. The number of carbonyl (C=O) groups excluding carboxylic acids is 1. The first kappa shape index (κ1) is 16.6. The van der Waals surface area contributed by atoms with Gasteiger partial charge in [0.05, 0.1) is 18.5 Å².